The predicted molar refractivity (Wildman–Crippen MR) is 103 cm³/mol. The summed E-state index contributed by atoms with van der Waals surface area (Å²) >= 11 is 0. The Bertz CT molecular complexity index is 1060. The third-order valence-electron chi connectivity index (χ3n) is 4.85. The molecule has 0 bridgehead atoms. The molecule has 10 nitrogen and oxygen atoms in total. The van der Waals surface area contributed by atoms with E-state index in [0.717, 1.165) is 11.5 Å². The molecule has 3 aromatic rings. The molecule has 4 heterocycles. The van der Waals surface area contributed by atoms with Gasteiger partial charge in [-0.25, -0.2) is 18.1 Å². The Kier molecular flexibility index (Phi) is 4.63. The van der Waals surface area contributed by atoms with Gasteiger partial charge in [-0.05, 0) is 32.0 Å². The zero-order valence-electron chi connectivity index (χ0n) is 16.0. The van der Waals surface area contributed by atoms with Crippen molar-refractivity contribution in [1.82, 2.24) is 33.8 Å². The molecule has 28 heavy (non-hydrogen) atoms. The second kappa shape index (κ2) is 6.99. The number of imidazole rings is 1. The van der Waals surface area contributed by atoms with Crippen molar-refractivity contribution in [2.45, 2.75) is 18.9 Å². The van der Waals surface area contributed by atoms with E-state index in [1.807, 2.05) is 36.2 Å². The van der Waals surface area contributed by atoms with Crippen LogP contribution in [0.25, 0.3) is 5.82 Å². The highest BCUT2D eigenvalue weighted by atomic mass is 32.2. The molecule has 0 spiro atoms. The van der Waals surface area contributed by atoms with Crippen molar-refractivity contribution in [3.63, 3.8) is 0 Å². The van der Waals surface area contributed by atoms with E-state index in [9.17, 15) is 8.42 Å². The third kappa shape index (κ3) is 3.38. The van der Waals surface area contributed by atoms with Gasteiger partial charge in [0.25, 0.3) is 10.0 Å². The highest BCUT2D eigenvalue weighted by molar-refractivity contribution is 7.89. The smallest absolute Gasteiger partial charge is 0.262 e. The fourth-order valence-electron chi connectivity index (χ4n) is 3.09. The summed E-state index contributed by atoms with van der Waals surface area (Å²) in [7, 11) is -1.80. The van der Waals surface area contributed by atoms with Crippen LogP contribution in [0.1, 0.15) is 11.5 Å². The number of aromatic nitrogens is 6. The summed E-state index contributed by atoms with van der Waals surface area (Å²) in [5, 5.41) is 12.9. The number of nitrogens with zero attached hydrogens (tertiary/aromatic N) is 8. The molecule has 1 aliphatic heterocycles. The van der Waals surface area contributed by atoms with E-state index in [-0.39, 0.29) is 5.03 Å². The zero-order chi connectivity index (χ0) is 19.9. The molecule has 0 radical (unpaired) electrons. The van der Waals surface area contributed by atoms with Gasteiger partial charge in [-0.2, -0.15) is 9.40 Å². The predicted octanol–water partition coefficient (Wildman–Crippen LogP) is 0.524. The van der Waals surface area contributed by atoms with E-state index in [2.05, 4.69) is 20.3 Å². The molecule has 0 atom stereocenters. The van der Waals surface area contributed by atoms with Gasteiger partial charge in [-0.1, -0.05) is 0 Å². The SMILES string of the molecule is Cc1ccn(-c2ccc(N3CCN(S(=O)(=O)c4cn(C)c(C)n4)CC3)nn2)n1. The van der Waals surface area contributed by atoms with Crippen LogP contribution in [0.2, 0.25) is 0 Å². The number of sulfonamides is 1. The first kappa shape index (κ1) is 18.6. The van der Waals surface area contributed by atoms with Crippen molar-refractivity contribution in [3.8, 4) is 5.82 Å². The van der Waals surface area contributed by atoms with Gasteiger partial charge in [-0.15, -0.1) is 10.2 Å². The van der Waals surface area contributed by atoms with E-state index < -0.39 is 10.0 Å². The zero-order valence-corrected chi connectivity index (χ0v) is 16.8. The van der Waals surface area contributed by atoms with Crippen molar-refractivity contribution in [2.75, 3.05) is 31.1 Å². The monoisotopic (exact) mass is 402 g/mol. The molecule has 0 amide bonds. The molecule has 0 N–H and O–H groups in total. The molecule has 0 aromatic carbocycles. The van der Waals surface area contributed by atoms with Gasteiger partial charge >= 0.3 is 0 Å². The molecule has 1 saturated heterocycles. The lowest BCUT2D eigenvalue weighted by molar-refractivity contribution is 0.382. The van der Waals surface area contributed by atoms with Crippen molar-refractivity contribution in [2.24, 2.45) is 7.05 Å². The minimum atomic E-state index is -3.58. The van der Waals surface area contributed by atoms with Crippen LogP contribution in [0.3, 0.4) is 0 Å². The lowest BCUT2D eigenvalue weighted by Crippen LogP contribution is -2.49. The van der Waals surface area contributed by atoms with Gasteiger partial charge in [0.15, 0.2) is 16.7 Å². The number of aryl methyl sites for hydroxylation is 3. The van der Waals surface area contributed by atoms with E-state index in [4.69, 9.17) is 0 Å². The van der Waals surface area contributed by atoms with Gasteiger partial charge in [0.05, 0.1) is 5.69 Å². The summed E-state index contributed by atoms with van der Waals surface area (Å²) in [6.45, 7) is 5.53. The fraction of sp³-hybridized carbons (Fsp3) is 0.412. The Morgan fingerprint density at radius 2 is 1.64 bits per heavy atom. The van der Waals surface area contributed by atoms with Crippen molar-refractivity contribution in [3.05, 3.63) is 42.1 Å². The molecular formula is C17H22N8O2S. The minimum Gasteiger partial charge on any atom is -0.352 e. The number of rotatable bonds is 4. The summed E-state index contributed by atoms with van der Waals surface area (Å²) in [6, 6.07) is 5.64. The molecule has 0 saturated carbocycles. The first-order valence-electron chi connectivity index (χ1n) is 8.96. The van der Waals surface area contributed by atoms with Crippen molar-refractivity contribution < 1.29 is 8.42 Å². The van der Waals surface area contributed by atoms with E-state index in [1.165, 1.54) is 4.31 Å². The molecule has 3 aromatic heterocycles. The third-order valence-corrected chi connectivity index (χ3v) is 6.62. The number of piperazine rings is 1. The van der Waals surface area contributed by atoms with Crippen molar-refractivity contribution >= 4 is 15.8 Å². The van der Waals surface area contributed by atoms with Crippen LogP contribution in [-0.4, -0.2) is 68.4 Å². The van der Waals surface area contributed by atoms with E-state index in [1.54, 1.807) is 29.4 Å². The standard InChI is InChI=1S/C17H22N8O2S/c1-13-6-7-25(21-13)16-5-4-15(19-20-16)23-8-10-24(11-9-23)28(26,27)17-12-22(3)14(2)18-17/h4-7,12H,8-11H2,1-3H3. The molecule has 11 heteroatoms. The maximum Gasteiger partial charge on any atom is 0.262 e. The van der Waals surface area contributed by atoms with Gasteiger partial charge in [-0.3, -0.25) is 0 Å². The van der Waals surface area contributed by atoms with Gasteiger partial charge < -0.3 is 9.47 Å². The molecule has 1 fully saturated rings. The maximum absolute atomic E-state index is 12.8. The Morgan fingerprint density at radius 1 is 0.964 bits per heavy atom. The Hall–Kier alpha value is -2.79. The largest absolute Gasteiger partial charge is 0.352 e. The van der Waals surface area contributed by atoms with Crippen LogP contribution in [0.15, 0.2) is 35.6 Å². The second-order valence-electron chi connectivity index (χ2n) is 6.78. The first-order valence-corrected chi connectivity index (χ1v) is 10.4. The first-order chi connectivity index (χ1) is 13.3. The summed E-state index contributed by atoms with van der Waals surface area (Å²) in [5.74, 6) is 2.03. The summed E-state index contributed by atoms with van der Waals surface area (Å²) in [6.07, 6.45) is 3.39. The fourth-order valence-corrected chi connectivity index (χ4v) is 4.54. The lowest BCUT2D eigenvalue weighted by atomic mass is 10.3. The lowest BCUT2D eigenvalue weighted by Gasteiger charge is -2.33. The van der Waals surface area contributed by atoms with E-state index in [0.29, 0.717) is 37.8 Å². The molecule has 0 unspecified atom stereocenters. The molecule has 148 valence electrons. The number of hydrogen-bond acceptors (Lipinski definition) is 7. The second-order valence-corrected chi connectivity index (χ2v) is 8.66. The van der Waals surface area contributed by atoms with Crippen LogP contribution in [-0.2, 0) is 17.1 Å². The Labute approximate surface area is 163 Å². The Morgan fingerprint density at radius 3 is 2.18 bits per heavy atom. The normalized spacial score (nSPS) is 15.9. The van der Waals surface area contributed by atoms with E-state index >= 15 is 0 Å². The topological polar surface area (TPSA) is 102 Å². The van der Waals surface area contributed by atoms with Crippen LogP contribution >= 0.6 is 0 Å². The maximum atomic E-state index is 12.8. The van der Waals surface area contributed by atoms with Gasteiger partial charge in [0, 0.05) is 45.6 Å². The van der Waals surface area contributed by atoms with Crippen LogP contribution < -0.4 is 4.90 Å². The number of hydrogen-bond donors (Lipinski definition) is 0. The molecule has 1 aliphatic rings. The number of anilines is 1. The summed E-state index contributed by atoms with van der Waals surface area (Å²) < 4.78 is 30.4. The van der Waals surface area contributed by atoms with Gasteiger partial charge in [0.2, 0.25) is 0 Å². The van der Waals surface area contributed by atoms with Crippen LogP contribution in [0.5, 0.6) is 0 Å². The average Bonchev–Trinajstić information content (AvgIpc) is 3.28. The Balaban J connectivity index is 1.44. The quantitative estimate of drug-likeness (QED) is 0.627. The summed E-state index contributed by atoms with van der Waals surface area (Å²) in [5.41, 5.74) is 0.909. The molecule has 0 aliphatic carbocycles. The van der Waals surface area contributed by atoms with Gasteiger partial charge in [0.1, 0.15) is 5.82 Å². The average molecular weight is 402 g/mol. The molecule has 4 rings (SSSR count). The highest BCUT2D eigenvalue weighted by Gasteiger charge is 2.31. The van der Waals surface area contributed by atoms with Crippen LogP contribution in [0, 0.1) is 13.8 Å². The van der Waals surface area contributed by atoms with Crippen LogP contribution in [0.4, 0.5) is 5.82 Å². The minimum absolute atomic E-state index is 0.0969. The van der Waals surface area contributed by atoms with Crippen molar-refractivity contribution in [1.29, 1.82) is 0 Å². The highest BCUT2D eigenvalue weighted by Crippen LogP contribution is 2.19. The molecular weight excluding hydrogens is 380 g/mol. The summed E-state index contributed by atoms with van der Waals surface area (Å²) in [4.78, 5) is 6.19.